The lowest BCUT2D eigenvalue weighted by molar-refractivity contribution is -0.123. The van der Waals surface area contributed by atoms with Gasteiger partial charge >= 0.3 is 0 Å². The van der Waals surface area contributed by atoms with Crippen LogP contribution in [0.1, 0.15) is 5.56 Å². The first-order chi connectivity index (χ1) is 10.7. The first-order valence-corrected chi connectivity index (χ1v) is 8.11. The number of para-hydroxylation sites is 1. The highest BCUT2D eigenvalue weighted by atomic mass is 32.2. The number of ether oxygens (including phenoxy) is 2. The molecule has 2 rings (SSSR count). The van der Waals surface area contributed by atoms with Gasteiger partial charge in [-0.25, -0.2) is 0 Å². The van der Waals surface area contributed by atoms with Gasteiger partial charge in [0.1, 0.15) is 11.5 Å². The van der Waals surface area contributed by atoms with Crippen molar-refractivity contribution in [2.75, 3.05) is 20.0 Å². The van der Waals surface area contributed by atoms with Gasteiger partial charge in [0.2, 0.25) is 0 Å². The molecule has 4 nitrogen and oxygen atoms in total. The molecule has 0 aliphatic rings. The Bertz CT molecular complexity index is 614. The Balaban J connectivity index is 1.80. The predicted octanol–water partition coefficient (Wildman–Crippen LogP) is 3.11. The van der Waals surface area contributed by atoms with Gasteiger partial charge in [0.15, 0.2) is 6.61 Å². The van der Waals surface area contributed by atoms with E-state index >= 15 is 0 Å². The van der Waals surface area contributed by atoms with Crippen LogP contribution in [0, 0.1) is 0 Å². The summed E-state index contributed by atoms with van der Waals surface area (Å²) in [6, 6.07) is 15.2. The van der Waals surface area contributed by atoms with Gasteiger partial charge in [-0.1, -0.05) is 18.2 Å². The van der Waals surface area contributed by atoms with E-state index in [0.29, 0.717) is 12.3 Å². The number of thioether (sulfide) groups is 1. The maximum absolute atomic E-state index is 11.8. The van der Waals surface area contributed by atoms with E-state index in [1.807, 2.05) is 54.8 Å². The third kappa shape index (κ3) is 4.70. The molecule has 5 heteroatoms. The fourth-order valence-corrected chi connectivity index (χ4v) is 2.32. The van der Waals surface area contributed by atoms with Gasteiger partial charge in [0, 0.05) is 17.0 Å². The monoisotopic (exact) mass is 317 g/mol. The molecule has 0 fully saturated rings. The second-order valence-electron chi connectivity index (χ2n) is 4.55. The molecule has 0 spiro atoms. The molecule has 0 saturated carbocycles. The van der Waals surface area contributed by atoms with E-state index in [2.05, 4.69) is 5.32 Å². The van der Waals surface area contributed by atoms with E-state index < -0.39 is 0 Å². The van der Waals surface area contributed by atoms with Crippen LogP contribution in [0.2, 0.25) is 0 Å². The molecule has 0 aromatic heterocycles. The molecule has 0 heterocycles. The zero-order valence-corrected chi connectivity index (χ0v) is 13.5. The Morgan fingerprint density at radius 2 is 1.86 bits per heavy atom. The molecule has 22 heavy (non-hydrogen) atoms. The van der Waals surface area contributed by atoms with Crippen molar-refractivity contribution < 1.29 is 14.3 Å². The zero-order chi connectivity index (χ0) is 15.8. The minimum absolute atomic E-state index is 0.00619. The zero-order valence-electron chi connectivity index (χ0n) is 12.7. The third-order valence-corrected chi connectivity index (χ3v) is 3.84. The Morgan fingerprint density at radius 3 is 2.55 bits per heavy atom. The van der Waals surface area contributed by atoms with E-state index in [-0.39, 0.29) is 12.5 Å². The topological polar surface area (TPSA) is 47.6 Å². The summed E-state index contributed by atoms with van der Waals surface area (Å²) in [7, 11) is 1.61. The number of methoxy groups -OCH3 is 1. The lowest BCUT2D eigenvalue weighted by Crippen LogP contribution is -2.28. The van der Waals surface area contributed by atoms with E-state index in [1.54, 1.807) is 18.9 Å². The molecule has 0 saturated heterocycles. The molecule has 1 N–H and O–H groups in total. The first-order valence-electron chi connectivity index (χ1n) is 6.88. The van der Waals surface area contributed by atoms with Gasteiger partial charge in [0.05, 0.1) is 7.11 Å². The highest BCUT2D eigenvalue weighted by Gasteiger charge is 2.06. The minimum Gasteiger partial charge on any atom is -0.496 e. The quantitative estimate of drug-likeness (QED) is 0.797. The van der Waals surface area contributed by atoms with Gasteiger partial charge in [0.25, 0.3) is 5.91 Å². The molecule has 2 aromatic carbocycles. The molecule has 0 aliphatic carbocycles. The fourth-order valence-electron chi connectivity index (χ4n) is 1.91. The van der Waals surface area contributed by atoms with Crippen molar-refractivity contribution in [2.24, 2.45) is 0 Å². The van der Waals surface area contributed by atoms with Crippen LogP contribution in [-0.4, -0.2) is 25.9 Å². The summed E-state index contributed by atoms with van der Waals surface area (Å²) in [4.78, 5) is 13.0. The average Bonchev–Trinajstić information content (AvgIpc) is 2.58. The van der Waals surface area contributed by atoms with Crippen LogP contribution in [0.5, 0.6) is 11.5 Å². The Labute approximate surface area is 134 Å². The maximum Gasteiger partial charge on any atom is 0.258 e. The number of rotatable bonds is 7. The standard InChI is InChI=1S/C17H19NO3S/c1-20-16-6-4-3-5-13(16)11-18-17(19)12-21-14-7-9-15(22-2)10-8-14/h3-10H,11-12H2,1-2H3,(H,18,19). The predicted molar refractivity (Wildman–Crippen MR) is 88.6 cm³/mol. The molecular formula is C17H19NO3S. The molecule has 2 aromatic rings. The Morgan fingerprint density at radius 1 is 1.14 bits per heavy atom. The normalized spacial score (nSPS) is 10.1. The number of amides is 1. The van der Waals surface area contributed by atoms with E-state index in [1.165, 1.54) is 0 Å². The van der Waals surface area contributed by atoms with Crippen LogP contribution in [0.4, 0.5) is 0 Å². The molecule has 0 bridgehead atoms. The first kappa shape index (κ1) is 16.2. The van der Waals surface area contributed by atoms with Crippen LogP contribution in [0.3, 0.4) is 0 Å². The van der Waals surface area contributed by atoms with E-state index in [0.717, 1.165) is 16.2 Å². The van der Waals surface area contributed by atoms with Crippen LogP contribution in [0.25, 0.3) is 0 Å². The molecule has 116 valence electrons. The van der Waals surface area contributed by atoms with Crippen LogP contribution in [0.15, 0.2) is 53.4 Å². The molecular weight excluding hydrogens is 298 g/mol. The second-order valence-corrected chi connectivity index (χ2v) is 5.43. The second kappa shape index (κ2) is 8.34. The molecule has 0 atom stereocenters. The summed E-state index contributed by atoms with van der Waals surface area (Å²) in [6.45, 7) is 0.408. The van der Waals surface area contributed by atoms with Crippen LogP contribution < -0.4 is 14.8 Å². The van der Waals surface area contributed by atoms with Crippen molar-refractivity contribution in [2.45, 2.75) is 11.4 Å². The average molecular weight is 317 g/mol. The van der Waals surface area contributed by atoms with Crippen LogP contribution in [-0.2, 0) is 11.3 Å². The van der Waals surface area contributed by atoms with Crippen molar-refractivity contribution in [1.29, 1.82) is 0 Å². The van der Waals surface area contributed by atoms with Crippen molar-refractivity contribution in [3.8, 4) is 11.5 Å². The molecule has 0 radical (unpaired) electrons. The van der Waals surface area contributed by atoms with Gasteiger partial charge < -0.3 is 14.8 Å². The summed E-state index contributed by atoms with van der Waals surface area (Å²) in [5.74, 6) is 1.28. The molecule has 1 amide bonds. The van der Waals surface area contributed by atoms with Crippen molar-refractivity contribution in [1.82, 2.24) is 5.32 Å². The van der Waals surface area contributed by atoms with Gasteiger partial charge in [-0.05, 0) is 36.6 Å². The smallest absolute Gasteiger partial charge is 0.258 e. The highest BCUT2D eigenvalue weighted by Crippen LogP contribution is 2.19. The number of carbonyl (C=O) groups excluding carboxylic acids is 1. The number of nitrogens with one attached hydrogen (secondary N) is 1. The number of carbonyl (C=O) groups is 1. The number of hydrogen-bond acceptors (Lipinski definition) is 4. The lowest BCUT2D eigenvalue weighted by Gasteiger charge is -2.10. The van der Waals surface area contributed by atoms with E-state index in [9.17, 15) is 4.79 Å². The third-order valence-electron chi connectivity index (χ3n) is 3.10. The maximum atomic E-state index is 11.8. The Kier molecular flexibility index (Phi) is 6.15. The highest BCUT2D eigenvalue weighted by molar-refractivity contribution is 7.98. The lowest BCUT2D eigenvalue weighted by atomic mass is 10.2. The van der Waals surface area contributed by atoms with Gasteiger partial charge in [-0.15, -0.1) is 11.8 Å². The molecule has 0 unspecified atom stereocenters. The van der Waals surface area contributed by atoms with Crippen molar-refractivity contribution >= 4 is 17.7 Å². The van der Waals surface area contributed by atoms with Crippen LogP contribution >= 0.6 is 11.8 Å². The van der Waals surface area contributed by atoms with Crippen molar-refractivity contribution in [3.05, 3.63) is 54.1 Å². The minimum atomic E-state index is -0.167. The SMILES string of the molecule is COc1ccccc1CNC(=O)COc1ccc(SC)cc1. The number of benzene rings is 2. The molecule has 0 aliphatic heterocycles. The van der Waals surface area contributed by atoms with Gasteiger partial charge in [-0.2, -0.15) is 0 Å². The Hall–Kier alpha value is -2.14. The summed E-state index contributed by atoms with van der Waals surface area (Å²) in [6.07, 6.45) is 2.02. The largest absolute Gasteiger partial charge is 0.496 e. The summed E-state index contributed by atoms with van der Waals surface area (Å²) >= 11 is 1.66. The van der Waals surface area contributed by atoms with E-state index in [4.69, 9.17) is 9.47 Å². The van der Waals surface area contributed by atoms with Gasteiger partial charge in [-0.3, -0.25) is 4.79 Å². The summed E-state index contributed by atoms with van der Waals surface area (Å²) < 4.78 is 10.7. The fraction of sp³-hybridized carbons (Fsp3) is 0.235. The summed E-state index contributed by atoms with van der Waals surface area (Å²) in [5.41, 5.74) is 0.933. The van der Waals surface area contributed by atoms with Crippen molar-refractivity contribution in [3.63, 3.8) is 0 Å². The summed E-state index contributed by atoms with van der Waals surface area (Å²) in [5, 5.41) is 2.82. The number of hydrogen-bond donors (Lipinski definition) is 1.